The number of carbonyl (C=O) groups excluding carboxylic acids is 2. The molecular weight excluding hydrogens is 416 g/mol. The molecule has 2 aromatic carbocycles. The van der Waals surface area contributed by atoms with E-state index >= 15 is 0 Å². The molecule has 0 aromatic heterocycles. The van der Waals surface area contributed by atoms with Crippen LogP contribution in [0, 0.1) is 0 Å². The van der Waals surface area contributed by atoms with Gasteiger partial charge in [0, 0.05) is 17.1 Å². The highest BCUT2D eigenvalue weighted by Gasteiger charge is 2.30. The second kappa shape index (κ2) is 8.54. The maximum absolute atomic E-state index is 12.5. The van der Waals surface area contributed by atoms with Gasteiger partial charge in [-0.1, -0.05) is 29.4 Å². The Hall–Kier alpha value is -3.04. The fourth-order valence-electron chi connectivity index (χ4n) is 2.67. The van der Waals surface area contributed by atoms with Crippen molar-refractivity contribution in [2.45, 2.75) is 11.7 Å². The van der Waals surface area contributed by atoms with Crippen molar-refractivity contribution in [1.82, 2.24) is 5.32 Å². The number of amides is 2. The number of carbonyl (C=O) groups is 2. The van der Waals surface area contributed by atoms with Crippen LogP contribution in [-0.4, -0.2) is 35.2 Å². The Morgan fingerprint density at radius 3 is 2.97 bits per heavy atom. The lowest BCUT2D eigenvalue weighted by Crippen LogP contribution is -2.41. The van der Waals surface area contributed by atoms with Crippen LogP contribution >= 0.6 is 23.4 Å². The highest BCUT2D eigenvalue weighted by molar-refractivity contribution is 8.15. The molecule has 0 saturated carbocycles. The minimum absolute atomic E-state index is 0.0436. The first-order chi connectivity index (χ1) is 14.1. The lowest BCUT2D eigenvalue weighted by Gasteiger charge is -2.21. The molecule has 2 heterocycles. The molecule has 0 aliphatic carbocycles. The normalized spacial score (nSPS) is 19.4. The van der Waals surface area contributed by atoms with Crippen molar-refractivity contribution in [1.29, 1.82) is 0 Å². The van der Waals surface area contributed by atoms with Gasteiger partial charge in [0.25, 0.3) is 0 Å². The standard InChI is InChI=1S/C19H15ClN4O4S/c20-12-2-1-3-13(7-12)22-18(26)16-8-17(25)23-19(29-16)24-21-9-11-4-5-14-15(6-11)28-10-27-14/h1-7,9,16H,8,10H2,(H,22,26)(H,23,24,25)/b21-9-/t16-/m1/s1. The monoisotopic (exact) mass is 430 g/mol. The number of nitrogens with one attached hydrogen (secondary N) is 2. The average Bonchev–Trinajstić information content (AvgIpc) is 3.15. The van der Waals surface area contributed by atoms with Crippen molar-refractivity contribution in [3.8, 4) is 11.5 Å². The quantitative estimate of drug-likeness (QED) is 0.573. The molecule has 1 saturated heterocycles. The van der Waals surface area contributed by atoms with E-state index < -0.39 is 5.25 Å². The maximum Gasteiger partial charge on any atom is 0.238 e. The van der Waals surface area contributed by atoms with Crippen molar-refractivity contribution in [3.05, 3.63) is 53.1 Å². The average molecular weight is 431 g/mol. The van der Waals surface area contributed by atoms with E-state index in [4.69, 9.17) is 21.1 Å². The summed E-state index contributed by atoms with van der Waals surface area (Å²) in [6, 6.07) is 12.2. The molecule has 8 nitrogen and oxygen atoms in total. The van der Waals surface area contributed by atoms with Gasteiger partial charge in [-0.05, 0) is 42.0 Å². The lowest BCUT2D eigenvalue weighted by molar-refractivity contribution is -0.123. The van der Waals surface area contributed by atoms with Gasteiger partial charge in [0.2, 0.25) is 18.6 Å². The molecule has 1 atom stereocenters. The minimum atomic E-state index is -0.623. The maximum atomic E-state index is 12.5. The first kappa shape index (κ1) is 19.3. The number of benzene rings is 2. The summed E-state index contributed by atoms with van der Waals surface area (Å²) < 4.78 is 10.6. The molecular formula is C19H15ClN4O4S. The number of fused-ring (bicyclic) bond motifs is 1. The first-order valence-corrected chi connectivity index (χ1v) is 9.86. The molecule has 10 heteroatoms. The highest BCUT2D eigenvalue weighted by atomic mass is 35.5. The van der Waals surface area contributed by atoms with Gasteiger partial charge in [0.05, 0.1) is 6.21 Å². The van der Waals surface area contributed by atoms with E-state index in [0.29, 0.717) is 22.2 Å². The van der Waals surface area contributed by atoms with Crippen molar-refractivity contribution in [2.24, 2.45) is 10.2 Å². The van der Waals surface area contributed by atoms with Crippen LogP contribution in [0.15, 0.2) is 52.7 Å². The number of hydrogen-bond acceptors (Lipinski definition) is 7. The molecule has 0 bridgehead atoms. The number of rotatable bonds is 4. The van der Waals surface area contributed by atoms with Crippen LogP contribution in [0.2, 0.25) is 5.02 Å². The summed E-state index contributed by atoms with van der Waals surface area (Å²) in [6.07, 6.45) is 1.57. The van der Waals surface area contributed by atoms with Crippen LogP contribution < -0.4 is 20.1 Å². The Bertz CT molecular complexity index is 1030. The van der Waals surface area contributed by atoms with Crippen LogP contribution in [0.4, 0.5) is 5.69 Å². The molecule has 0 spiro atoms. The summed E-state index contributed by atoms with van der Waals surface area (Å²) in [6.45, 7) is 0.194. The topological polar surface area (TPSA) is 101 Å². The van der Waals surface area contributed by atoms with E-state index in [0.717, 1.165) is 17.3 Å². The fraction of sp³-hybridized carbons (Fsp3) is 0.158. The number of anilines is 1. The second-order valence-electron chi connectivity index (χ2n) is 6.12. The number of ether oxygens (including phenoxy) is 2. The van der Waals surface area contributed by atoms with Crippen molar-refractivity contribution in [2.75, 3.05) is 12.1 Å². The van der Waals surface area contributed by atoms with Gasteiger partial charge in [-0.15, -0.1) is 5.10 Å². The Morgan fingerprint density at radius 1 is 1.24 bits per heavy atom. The SMILES string of the molecule is O=C1C[C@H](C(=O)Nc2cccc(Cl)c2)SC(=N/N=C\c2ccc3c(c2)OCO3)N1. The Morgan fingerprint density at radius 2 is 2.10 bits per heavy atom. The predicted molar refractivity (Wildman–Crippen MR) is 112 cm³/mol. The first-order valence-electron chi connectivity index (χ1n) is 8.60. The van der Waals surface area contributed by atoms with Crippen LogP contribution in [0.5, 0.6) is 11.5 Å². The van der Waals surface area contributed by atoms with Gasteiger partial charge >= 0.3 is 0 Å². The van der Waals surface area contributed by atoms with E-state index in [1.165, 1.54) is 6.21 Å². The molecule has 2 aliphatic rings. The minimum Gasteiger partial charge on any atom is -0.454 e. The van der Waals surface area contributed by atoms with E-state index in [-0.39, 0.29) is 30.2 Å². The summed E-state index contributed by atoms with van der Waals surface area (Å²) in [5, 5.41) is 13.5. The summed E-state index contributed by atoms with van der Waals surface area (Å²) in [5.41, 5.74) is 1.33. The zero-order valence-corrected chi connectivity index (χ0v) is 16.5. The van der Waals surface area contributed by atoms with E-state index in [1.807, 2.05) is 6.07 Å². The third-order valence-electron chi connectivity index (χ3n) is 4.01. The van der Waals surface area contributed by atoms with Crippen molar-refractivity contribution < 1.29 is 19.1 Å². The zero-order chi connectivity index (χ0) is 20.2. The number of nitrogens with zero attached hydrogens (tertiary/aromatic N) is 2. The molecule has 2 aliphatic heterocycles. The molecule has 0 unspecified atom stereocenters. The molecule has 148 valence electrons. The van der Waals surface area contributed by atoms with Crippen LogP contribution in [-0.2, 0) is 9.59 Å². The largest absolute Gasteiger partial charge is 0.454 e. The molecule has 0 radical (unpaired) electrons. The van der Waals surface area contributed by atoms with E-state index in [9.17, 15) is 9.59 Å². The van der Waals surface area contributed by atoms with Crippen LogP contribution in [0.25, 0.3) is 0 Å². The number of halogens is 1. The van der Waals surface area contributed by atoms with Gasteiger partial charge < -0.3 is 20.1 Å². The van der Waals surface area contributed by atoms with Crippen LogP contribution in [0.3, 0.4) is 0 Å². The Balaban J connectivity index is 1.41. The summed E-state index contributed by atoms with van der Waals surface area (Å²) >= 11 is 7.07. The highest BCUT2D eigenvalue weighted by Crippen LogP contribution is 2.32. The van der Waals surface area contributed by atoms with Crippen molar-refractivity contribution in [3.63, 3.8) is 0 Å². The van der Waals surface area contributed by atoms with Crippen molar-refractivity contribution >= 4 is 52.2 Å². The summed E-state index contributed by atoms with van der Waals surface area (Å²) in [7, 11) is 0. The molecule has 29 heavy (non-hydrogen) atoms. The molecule has 1 fully saturated rings. The zero-order valence-electron chi connectivity index (χ0n) is 14.9. The molecule has 4 rings (SSSR count). The van der Waals surface area contributed by atoms with Gasteiger partial charge in [-0.25, -0.2) is 0 Å². The van der Waals surface area contributed by atoms with E-state index in [2.05, 4.69) is 20.8 Å². The smallest absolute Gasteiger partial charge is 0.238 e. The summed E-state index contributed by atoms with van der Waals surface area (Å²) in [4.78, 5) is 24.5. The van der Waals surface area contributed by atoms with Gasteiger partial charge in [0.15, 0.2) is 16.7 Å². The fourth-order valence-corrected chi connectivity index (χ4v) is 3.80. The summed E-state index contributed by atoms with van der Waals surface area (Å²) in [5.74, 6) is 0.711. The van der Waals surface area contributed by atoms with Crippen LogP contribution in [0.1, 0.15) is 12.0 Å². The lowest BCUT2D eigenvalue weighted by atomic mass is 10.2. The van der Waals surface area contributed by atoms with Gasteiger partial charge in [-0.3, -0.25) is 9.59 Å². The van der Waals surface area contributed by atoms with E-state index in [1.54, 1.807) is 36.4 Å². The number of amidine groups is 1. The number of hydrogen-bond donors (Lipinski definition) is 2. The van der Waals surface area contributed by atoms with Gasteiger partial charge in [0.1, 0.15) is 5.25 Å². The third kappa shape index (κ3) is 4.87. The Kier molecular flexibility index (Phi) is 5.68. The Labute approximate surface area is 175 Å². The third-order valence-corrected chi connectivity index (χ3v) is 5.31. The molecule has 2 aromatic rings. The van der Waals surface area contributed by atoms with Gasteiger partial charge in [-0.2, -0.15) is 5.10 Å². The number of thioether (sulfide) groups is 1. The second-order valence-corrected chi connectivity index (χ2v) is 7.75. The predicted octanol–water partition coefficient (Wildman–Crippen LogP) is 3.02. The molecule has 2 N–H and O–H groups in total. The molecule has 2 amide bonds.